The van der Waals surface area contributed by atoms with Gasteiger partial charge in [-0.05, 0) is 86.1 Å². The summed E-state index contributed by atoms with van der Waals surface area (Å²) < 4.78 is 6.42. The minimum Gasteiger partial charge on any atom is -0.512 e. The SMILES string of the molecule is CCC(C)(CC)C(=O)/C=C(\O)C(C)(CC)CC.Cc1sc2nc(-c3[c-]c4ccccc4c(C(C)(C)C)c3)cc(-c3ccc4c(C)c(CC(C)C)oc4c3)c2c1C.[Ir]. The Bertz CT molecular complexity index is 2400. The van der Waals surface area contributed by atoms with E-state index >= 15 is 0 Å². The molecule has 0 spiro atoms. The zero-order valence-electron chi connectivity index (χ0n) is 36.8. The van der Waals surface area contributed by atoms with Crippen LogP contribution in [0.3, 0.4) is 0 Å². The van der Waals surface area contributed by atoms with Crippen molar-refractivity contribution in [3.63, 3.8) is 0 Å². The molecule has 0 aliphatic heterocycles. The van der Waals surface area contributed by atoms with E-state index < -0.39 is 0 Å². The quantitative estimate of drug-likeness (QED) is 0.0798. The van der Waals surface area contributed by atoms with Gasteiger partial charge in [-0.2, -0.15) is 0 Å². The second-order valence-corrected chi connectivity index (χ2v) is 19.0. The summed E-state index contributed by atoms with van der Waals surface area (Å²) in [6.45, 7) is 30.0. The van der Waals surface area contributed by atoms with Crippen molar-refractivity contribution >= 4 is 49.1 Å². The Morgan fingerprint density at radius 3 is 2.09 bits per heavy atom. The molecule has 0 atom stereocenters. The molecule has 0 aliphatic carbocycles. The third-order valence-corrected chi connectivity index (χ3v) is 13.6. The van der Waals surface area contributed by atoms with E-state index in [2.05, 4.69) is 116 Å². The first-order valence-electron chi connectivity index (χ1n) is 20.6. The Morgan fingerprint density at radius 1 is 0.860 bits per heavy atom. The Labute approximate surface area is 359 Å². The van der Waals surface area contributed by atoms with Crippen molar-refractivity contribution in [1.29, 1.82) is 0 Å². The van der Waals surface area contributed by atoms with Crippen molar-refractivity contribution in [3.05, 3.63) is 99.8 Å². The molecule has 0 amide bonds. The molecule has 3 aromatic carbocycles. The van der Waals surface area contributed by atoms with Gasteiger partial charge in [0, 0.05) is 64.8 Å². The molecule has 3 aromatic heterocycles. The van der Waals surface area contributed by atoms with E-state index in [9.17, 15) is 9.90 Å². The van der Waals surface area contributed by atoms with Crippen molar-refractivity contribution in [2.75, 3.05) is 0 Å². The number of carbonyl (C=O) groups is 1. The number of pyridine rings is 1. The standard InChI is InChI=1S/C36H36NOS.C15H28O2.Ir/c1-20(2)15-32-22(4)27-14-13-25(18-33(27)38-32)29-19-31(37-35-34(29)21(3)23(5)39-35)26-16-24-11-9-10-12-28(24)30(17-26)36(6,7)8;1-7-14(5,8-2)12(16)11-13(17)15(6,9-3)10-4;/h9-14,17-20H,15H2,1-8H3;11,16H,7-10H2,1-6H3;/q-1;;/b;12-11-;. The monoisotopic (exact) mass is 963 g/mol. The summed E-state index contributed by atoms with van der Waals surface area (Å²) in [6.07, 6.45) is 5.71. The van der Waals surface area contributed by atoms with Gasteiger partial charge in [-0.1, -0.05) is 124 Å². The summed E-state index contributed by atoms with van der Waals surface area (Å²) in [5, 5.41) is 15.0. The number of ketones is 1. The fraction of sp³-hybridized carbons (Fsp3) is 0.451. The Hall–Kier alpha value is -3.57. The van der Waals surface area contributed by atoms with E-state index in [1.165, 1.54) is 54.9 Å². The van der Waals surface area contributed by atoms with E-state index in [0.29, 0.717) is 5.92 Å². The number of nitrogens with zero attached hydrogens (tertiary/aromatic N) is 1. The summed E-state index contributed by atoms with van der Waals surface area (Å²) in [4.78, 5) is 19.8. The van der Waals surface area contributed by atoms with Crippen molar-refractivity contribution in [2.45, 2.75) is 134 Å². The Kier molecular flexibility index (Phi) is 14.7. The number of carbonyl (C=O) groups excluding carboxylic acids is 1. The zero-order chi connectivity index (χ0) is 41.3. The average molecular weight is 963 g/mol. The molecule has 0 saturated heterocycles. The summed E-state index contributed by atoms with van der Waals surface area (Å²) in [7, 11) is 0. The van der Waals surface area contributed by atoms with Crippen LogP contribution in [0.15, 0.2) is 70.8 Å². The second-order valence-electron chi connectivity index (χ2n) is 17.8. The zero-order valence-corrected chi connectivity index (χ0v) is 40.1. The molecule has 57 heavy (non-hydrogen) atoms. The molecule has 0 saturated carbocycles. The third kappa shape index (κ3) is 9.51. The van der Waals surface area contributed by atoms with Gasteiger partial charge in [-0.25, -0.2) is 0 Å². The van der Waals surface area contributed by atoms with Gasteiger partial charge in [0.25, 0.3) is 0 Å². The van der Waals surface area contributed by atoms with Crippen molar-refractivity contribution in [3.8, 4) is 22.4 Å². The number of allylic oxidation sites excluding steroid dienone is 2. The number of thiophene rings is 1. The number of furan rings is 1. The second kappa shape index (κ2) is 18.1. The number of aliphatic hydroxyl groups is 1. The van der Waals surface area contributed by atoms with Gasteiger partial charge < -0.3 is 9.52 Å². The van der Waals surface area contributed by atoms with E-state index in [0.717, 1.165) is 64.9 Å². The number of fused-ring (bicyclic) bond motifs is 3. The van der Waals surface area contributed by atoms with Gasteiger partial charge in [-0.15, -0.1) is 40.5 Å². The first-order valence-corrected chi connectivity index (χ1v) is 21.5. The normalized spacial score (nSPS) is 12.6. The number of aromatic nitrogens is 1. The number of hydrogen-bond acceptors (Lipinski definition) is 5. The van der Waals surface area contributed by atoms with Gasteiger partial charge in [0.2, 0.25) is 0 Å². The molecule has 0 aliphatic rings. The summed E-state index contributed by atoms with van der Waals surface area (Å²) in [5.74, 6) is 1.94. The average Bonchev–Trinajstić information content (AvgIpc) is 3.64. The van der Waals surface area contributed by atoms with Crippen LogP contribution in [0.1, 0.15) is 129 Å². The maximum atomic E-state index is 12.2. The number of benzene rings is 3. The first kappa shape index (κ1) is 46.1. The molecule has 6 heteroatoms. The summed E-state index contributed by atoms with van der Waals surface area (Å²) in [5.41, 5.74) is 8.62. The molecule has 1 radical (unpaired) electrons. The van der Waals surface area contributed by atoms with E-state index in [4.69, 9.17) is 9.40 Å². The molecular weight excluding hydrogens is 899 g/mol. The molecule has 1 N–H and O–H groups in total. The van der Waals surface area contributed by atoms with Gasteiger partial charge >= 0.3 is 0 Å². The molecule has 3 heterocycles. The third-order valence-electron chi connectivity index (χ3n) is 12.5. The van der Waals surface area contributed by atoms with Crippen molar-refractivity contribution < 1.29 is 34.4 Å². The van der Waals surface area contributed by atoms with Crippen LogP contribution in [-0.4, -0.2) is 15.9 Å². The van der Waals surface area contributed by atoms with Crippen LogP contribution in [0.4, 0.5) is 0 Å². The number of hydrogen-bond donors (Lipinski definition) is 1. The van der Waals surface area contributed by atoms with Gasteiger partial charge in [0.05, 0.1) is 0 Å². The van der Waals surface area contributed by atoms with Crippen LogP contribution in [-0.2, 0) is 36.7 Å². The van der Waals surface area contributed by atoms with Crippen LogP contribution in [0.25, 0.3) is 54.3 Å². The topological polar surface area (TPSA) is 63.3 Å². The van der Waals surface area contributed by atoms with Crippen LogP contribution < -0.4 is 0 Å². The van der Waals surface area contributed by atoms with Crippen LogP contribution >= 0.6 is 11.3 Å². The number of aliphatic hydroxyl groups excluding tert-OH is 1. The Morgan fingerprint density at radius 2 is 1.49 bits per heavy atom. The molecule has 0 bridgehead atoms. The molecular formula is C51H64IrNO3S-. The fourth-order valence-corrected chi connectivity index (χ4v) is 8.46. The van der Waals surface area contributed by atoms with Crippen LogP contribution in [0, 0.1) is 43.6 Å². The molecule has 6 rings (SSSR count). The molecule has 307 valence electrons. The molecule has 0 fully saturated rings. The largest absolute Gasteiger partial charge is 0.512 e. The molecule has 6 aromatic rings. The van der Waals surface area contributed by atoms with E-state index in [-0.39, 0.29) is 47.9 Å². The van der Waals surface area contributed by atoms with E-state index in [1.54, 1.807) is 11.3 Å². The van der Waals surface area contributed by atoms with Crippen molar-refractivity contribution in [1.82, 2.24) is 4.98 Å². The van der Waals surface area contributed by atoms with Gasteiger partial charge in [0.15, 0.2) is 5.78 Å². The summed E-state index contributed by atoms with van der Waals surface area (Å²) >= 11 is 1.78. The number of aryl methyl sites for hydroxylation is 3. The Balaban J connectivity index is 0.000000341. The minimum atomic E-state index is -0.337. The van der Waals surface area contributed by atoms with Crippen molar-refractivity contribution in [2.24, 2.45) is 16.7 Å². The predicted molar refractivity (Wildman–Crippen MR) is 241 cm³/mol. The molecule has 4 nitrogen and oxygen atoms in total. The summed E-state index contributed by atoms with van der Waals surface area (Å²) in [6, 6.07) is 23.5. The van der Waals surface area contributed by atoms with Gasteiger partial charge in [0.1, 0.15) is 21.9 Å². The van der Waals surface area contributed by atoms with Crippen LogP contribution in [0.2, 0.25) is 0 Å². The maximum absolute atomic E-state index is 12.2. The molecule has 0 unspecified atom stereocenters. The first-order chi connectivity index (χ1) is 26.3. The van der Waals surface area contributed by atoms with Crippen LogP contribution in [0.5, 0.6) is 0 Å². The van der Waals surface area contributed by atoms with E-state index in [1.807, 2.05) is 41.5 Å². The smallest absolute Gasteiger partial charge is 0.164 e. The maximum Gasteiger partial charge on any atom is 0.164 e. The predicted octanol–water partition coefficient (Wildman–Crippen LogP) is 15.4. The minimum absolute atomic E-state index is 0. The van der Waals surface area contributed by atoms with Gasteiger partial charge in [-0.3, -0.25) is 9.78 Å². The fourth-order valence-electron chi connectivity index (χ4n) is 7.40. The number of rotatable bonds is 11.